The number of aliphatic hydroxyl groups excluding tert-OH is 1. The van der Waals surface area contributed by atoms with Crippen molar-refractivity contribution in [1.82, 2.24) is 14.7 Å². The maximum absolute atomic E-state index is 13.0. The Hall–Kier alpha value is -1.68. The molecule has 1 fully saturated rings. The Balaban J connectivity index is 1.63. The lowest BCUT2D eigenvalue weighted by molar-refractivity contribution is -0.141. The van der Waals surface area contributed by atoms with E-state index in [9.17, 15) is 18.3 Å². The van der Waals surface area contributed by atoms with Gasteiger partial charge in [0.05, 0.1) is 29.4 Å². The fourth-order valence-electron chi connectivity index (χ4n) is 3.28. The van der Waals surface area contributed by atoms with Crippen molar-refractivity contribution >= 4 is 28.9 Å². The molecule has 11 heteroatoms. The smallest absolute Gasteiger partial charge is 0.436 e. The zero-order valence-corrected chi connectivity index (χ0v) is 17.4. The van der Waals surface area contributed by atoms with Crippen LogP contribution in [0.1, 0.15) is 11.4 Å². The summed E-state index contributed by atoms with van der Waals surface area (Å²) in [5.74, 6) is 0.582. The molecule has 1 aliphatic heterocycles. The second-order valence-electron chi connectivity index (χ2n) is 6.75. The minimum Gasteiger partial charge on any atom is -0.495 e. The van der Waals surface area contributed by atoms with Gasteiger partial charge in [-0.05, 0) is 19.1 Å². The summed E-state index contributed by atoms with van der Waals surface area (Å²) in [7, 11) is 1.55. The fourth-order valence-corrected chi connectivity index (χ4v) is 3.71. The number of aliphatic hydroxyl groups is 1. The molecular formula is C18H21Cl2F3N4O2. The molecule has 1 aromatic carbocycles. The monoisotopic (exact) mass is 452 g/mol. The van der Waals surface area contributed by atoms with Crippen LogP contribution in [0.5, 0.6) is 5.75 Å². The number of rotatable bonds is 5. The van der Waals surface area contributed by atoms with E-state index < -0.39 is 23.1 Å². The lowest BCUT2D eigenvalue weighted by atomic mass is 10.2. The number of aromatic nitrogens is 2. The normalized spacial score (nSPS) is 16.9. The third kappa shape index (κ3) is 4.74. The van der Waals surface area contributed by atoms with Crippen LogP contribution < -0.4 is 9.64 Å². The number of nitrogens with zero attached hydrogens (tertiary/aromatic N) is 4. The molecule has 6 nitrogen and oxygen atoms in total. The summed E-state index contributed by atoms with van der Waals surface area (Å²) < 4.78 is 45.2. The molecule has 0 radical (unpaired) electrons. The second-order valence-corrected chi connectivity index (χ2v) is 7.54. The summed E-state index contributed by atoms with van der Waals surface area (Å²) in [5, 5.41) is 14.1. The van der Waals surface area contributed by atoms with Crippen LogP contribution in [0.2, 0.25) is 10.0 Å². The van der Waals surface area contributed by atoms with Gasteiger partial charge in [0, 0.05) is 37.9 Å². The third-order valence-corrected chi connectivity index (χ3v) is 5.74. The van der Waals surface area contributed by atoms with Crippen molar-refractivity contribution in [2.24, 2.45) is 0 Å². The molecule has 0 saturated carbocycles. The first-order valence-electron chi connectivity index (χ1n) is 8.92. The summed E-state index contributed by atoms with van der Waals surface area (Å²) in [5.41, 5.74) is -0.0137. The van der Waals surface area contributed by atoms with E-state index >= 15 is 0 Å². The lowest BCUT2D eigenvalue weighted by Crippen LogP contribution is -2.51. The number of methoxy groups -OCH3 is 1. The molecule has 160 valence electrons. The van der Waals surface area contributed by atoms with Crippen LogP contribution in [-0.4, -0.2) is 59.3 Å². The third-order valence-electron chi connectivity index (χ3n) is 4.97. The van der Waals surface area contributed by atoms with E-state index in [1.807, 2.05) is 12.1 Å². The number of hydrogen-bond donors (Lipinski definition) is 1. The maximum atomic E-state index is 13.0. The maximum Gasteiger partial charge on any atom is 0.436 e. The van der Waals surface area contributed by atoms with Crippen molar-refractivity contribution in [3.05, 3.63) is 39.6 Å². The van der Waals surface area contributed by atoms with Gasteiger partial charge in [0.15, 0.2) is 5.69 Å². The van der Waals surface area contributed by atoms with Crippen molar-refractivity contribution < 1.29 is 23.0 Å². The van der Waals surface area contributed by atoms with Gasteiger partial charge in [0.2, 0.25) is 0 Å². The molecule has 0 aliphatic carbocycles. The van der Waals surface area contributed by atoms with Gasteiger partial charge >= 0.3 is 6.18 Å². The molecule has 3 rings (SSSR count). The molecule has 0 bridgehead atoms. The Kier molecular flexibility index (Phi) is 6.52. The van der Waals surface area contributed by atoms with Gasteiger partial charge in [0.25, 0.3) is 0 Å². The highest BCUT2D eigenvalue weighted by Crippen LogP contribution is 2.35. The van der Waals surface area contributed by atoms with Gasteiger partial charge < -0.3 is 14.7 Å². The van der Waals surface area contributed by atoms with Crippen molar-refractivity contribution in [2.45, 2.75) is 25.9 Å². The highest BCUT2D eigenvalue weighted by Gasteiger charge is 2.38. The summed E-state index contributed by atoms with van der Waals surface area (Å²) in [6.07, 6.45) is -5.61. The van der Waals surface area contributed by atoms with Crippen LogP contribution in [0.25, 0.3) is 0 Å². The van der Waals surface area contributed by atoms with Crippen LogP contribution in [0.3, 0.4) is 0 Å². The Labute approximate surface area is 176 Å². The summed E-state index contributed by atoms with van der Waals surface area (Å²) >= 11 is 11.8. The van der Waals surface area contributed by atoms with Crippen LogP contribution in [-0.2, 0) is 12.7 Å². The van der Waals surface area contributed by atoms with Crippen LogP contribution in [0.15, 0.2) is 18.2 Å². The number of benzene rings is 1. The van der Waals surface area contributed by atoms with Crippen LogP contribution >= 0.6 is 23.2 Å². The molecule has 0 spiro atoms. The zero-order valence-electron chi connectivity index (χ0n) is 15.9. The number of piperazine rings is 1. The molecule has 2 heterocycles. The summed E-state index contributed by atoms with van der Waals surface area (Å²) in [6, 6.07) is 5.51. The first-order valence-corrected chi connectivity index (χ1v) is 9.68. The summed E-state index contributed by atoms with van der Waals surface area (Å²) in [6.45, 7) is 3.68. The first-order chi connectivity index (χ1) is 13.6. The van der Waals surface area contributed by atoms with Crippen molar-refractivity contribution in [3.8, 4) is 5.75 Å². The van der Waals surface area contributed by atoms with E-state index in [1.54, 1.807) is 18.1 Å². The molecule has 29 heavy (non-hydrogen) atoms. The standard InChI is InChI=1S/C18H21Cl2F3N4O2/c1-11-16(20)17(18(21,22)23)24-27(11)10-15(28)26-7-5-25(6-8-26)12-3-4-13(19)14(9-12)29-2/h3-4,9,15,28H,5-8,10H2,1-2H3. The minimum atomic E-state index is -4.64. The predicted molar refractivity (Wildman–Crippen MR) is 105 cm³/mol. The molecule has 1 atom stereocenters. The topological polar surface area (TPSA) is 53.8 Å². The van der Waals surface area contributed by atoms with Gasteiger partial charge in [-0.1, -0.05) is 23.2 Å². The van der Waals surface area contributed by atoms with E-state index in [4.69, 9.17) is 27.9 Å². The molecule has 1 N–H and O–H groups in total. The zero-order chi connectivity index (χ0) is 21.3. The number of anilines is 1. The molecule has 2 aromatic rings. The molecular weight excluding hydrogens is 432 g/mol. The average Bonchev–Trinajstić information content (AvgIpc) is 2.97. The fraction of sp³-hybridized carbons (Fsp3) is 0.500. The SMILES string of the molecule is COc1cc(N2CCN(C(O)Cn3nc(C(F)(F)F)c(Cl)c3C)CC2)ccc1Cl. The first kappa shape index (κ1) is 22.0. The molecule has 1 unspecified atom stereocenters. The van der Waals surface area contributed by atoms with Gasteiger partial charge in [-0.2, -0.15) is 18.3 Å². The molecule has 1 aliphatic rings. The number of halogens is 5. The highest BCUT2D eigenvalue weighted by atomic mass is 35.5. The van der Waals surface area contributed by atoms with E-state index in [2.05, 4.69) is 10.00 Å². The van der Waals surface area contributed by atoms with Crippen LogP contribution in [0.4, 0.5) is 18.9 Å². The van der Waals surface area contributed by atoms with Gasteiger partial charge in [0.1, 0.15) is 12.0 Å². The van der Waals surface area contributed by atoms with Gasteiger partial charge in [-0.15, -0.1) is 0 Å². The van der Waals surface area contributed by atoms with Crippen molar-refractivity contribution in [2.75, 3.05) is 38.2 Å². The van der Waals surface area contributed by atoms with Gasteiger partial charge in [-0.3, -0.25) is 9.58 Å². The van der Waals surface area contributed by atoms with Crippen molar-refractivity contribution in [1.29, 1.82) is 0 Å². The van der Waals surface area contributed by atoms with E-state index in [0.717, 1.165) is 10.4 Å². The minimum absolute atomic E-state index is 0.101. The van der Waals surface area contributed by atoms with E-state index in [1.165, 1.54) is 6.92 Å². The predicted octanol–water partition coefficient (Wildman–Crippen LogP) is 3.67. The molecule has 1 aromatic heterocycles. The average molecular weight is 453 g/mol. The van der Waals surface area contributed by atoms with E-state index in [0.29, 0.717) is 37.0 Å². The largest absolute Gasteiger partial charge is 0.495 e. The highest BCUT2D eigenvalue weighted by molar-refractivity contribution is 6.32. The van der Waals surface area contributed by atoms with E-state index in [-0.39, 0.29) is 12.2 Å². The molecule has 0 amide bonds. The molecule has 1 saturated heterocycles. The number of ether oxygens (including phenoxy) is 1. The summed E-state index contributed by atoms with van der Waals surface area (Å²) in [4.78, 5) is 3.92. The van der Waals surface area contributed by atoms with Crippen molar-refractivity contribution in [3.63, 3.8) is 0 Å². The quantitative estimate of drug-likeness (QED) is 0.749. The lowest BCUT2D eigenvalue weighted by Gasteiger charge is -2.38. The Morgan fingerprint density at radius 2 is 1.86 bits per heavy atom. The number of alkyl halides is 3. The number of hydrogen-bond acceptors (Lipinski definition) is 5. The Morgan fingerprint density at radius 3 is 2.41 bits per heavy atom. The van der Waals surface area contributed by atoms with Crippen LogP contribution in [0, 0.1) is 6.92 Å². The Bertz CT molecular complexity index is 868. The second kappa shape index (κ2) is 8.59. The Morgan fingerprint density at radius 1 is 1.21 bits per heavy atom. The van der Waals surface area contributed by atoms with Gasteiger partial charge in [-0.25, -0.2) is 0 Å².